The van der Waals surface area contributed by atoms with Crippen LogP contribution in [-0.2, 0) is 27.8 Å². The highest BCUT2D eigenvalue weighted by molar-refractivity contribution is 7.89. The Hall–Kier alpha value is -1.47. The summed E-state index contributed by atoms with van der Waals surface area (Å²) in [6.07, 6.45) is 0.427. The summed E-state index contributed by atoms with van der Waals surface area (Å²) in [5, 5.41) is -0.215. The van der Waals surface area contributed by atoms with Gasteiger partial charge in [-0.3, -0.25) is 0 Å². The summed E-state index contributed by atoms with van der Waals surface area (Å²) < 4.78 is 45.4. The molecule has 0 N–H and O–H groups in total. The maximum atomic E-state index is 13.2. The lowest BCUT2D eigenvalue weighted by atomic mass is 9.99. The molecule has 0 aliphatic carbocycles. The van der Waals surface area contributed by atoms with Gasteiger partial charge in [-0.05, 0) is 29.3 Å². The predicted octanol–water partition coefficient (Wildman–Crippen LogP) is 3.24. The fourth-order valence-electron chi connectivity index (χ4n) is 2.73. The number of halogens is 2. The van der Waals surface area contributed by atoms with Crippen molar-refractivity contribution in [3.63, 3.8) is 0 Å². The average Bonchev–Trinajstić information content (AvgIpc) is 2.57. The number of hydrogen-bond acceptors (Lipinski definition) is 3. The van der Waals surface area contributed by atoms with E-state index >= 15 is 0 Å². The highest BCUT2D eigenvalue weighted by atomic mass is 35.5. The normalized spacial score (nSPS) is 17.8. The molecule has 4 nitrogen and oxygen atoms in total. The first-order valence-electron chi connectivity index (χ1n) is 7.47. The fourth-order valence-corrected chi connectivity index (χ4v) is 4.20. The second-order valence-corrected chi connectivity index (χ2v) is 8.22. The van der Waals surface area contributed by atoms with Gasteiger partial charge in [0.2, 0.25) is 10.0 Å². The third-order valence-corrected chi connectivity index (χ3v) is 6.21. The fraction of sp³-hybridized carbons (Fsp3) is 0.294. The number of likely N-dealkylation sites (N-methyl/N-ethyl adjacent to an activating group) is 1. The minimum absolute atomic E-state index is 0.0346. The molecular formula is C17H17ClFNO3S. The van der Waals surface area contributed by atoms with Crippen LogP contribution in [0.5, 0.6) is 0 Å². The van der Waals surface area contributed by atoms with E-state index in [1.165, 1.54) is 23.0 Å². The maximum Gasteiger partial charge on any atom is 0.242 e. The van der Waals surface area contributed by atoms with E-state index in [0.29, 0.717) is 13.0 Å². The zero-order valence-corrected chi connectivity index (χ0v) is 14.6. The van der Waals surface area contributed by atoms with Crippen molar-refractivity contribution in [2.24, 2.45) is 0 Å². The molecule has 128 valence electrons. The molecule has 0 spiro atoms. The number of benzene rings is 2. The minimum Gasteiger partial charge on any atom is -0.372 e. The van der Waals surface area contributed by atoms with Crippen LogP contribution in [0.3, 0.4) is 0 Å². The second kappa shape index (κ2) is 6.80. The first kappa shape index (κ1) is 17.4. The van der Waals surface area contributed by atoms with Crippen LogP contribution in [-0.4, -0.2) is 32.4 Å². The van der Waals surface area contributed by atoms with Crippen LogP contribution in [0.4, 0.5) is 4.39 Å². The van der Waals surface area contributed by atoms with Crippen molar-refractivity contribution in [2.45, 2.75) is 24.0 Å². The molecule has 24 heavy (non-hydrogen) atoms. The smallest absolute Gasteiger partial charge is 0.242 e. The monoisotopic (exact) mass is 369 g/mol. The van der Waals surface area contributed by atoms with E-state index < -0.39 is 15.8 Å². The van der Waals surface area contributed by atoms with E-state index in [1.54, 1.807) is 0 Å². The first-order valence-corrected chi connectivity index (χ1v) is 9.29. The largest absolute Gasteiger partial charge is 0.372 e. The Kier molecular flexibility index (Phi) is 4.92. The highest BCUT2D eigenvalue weighted by Crippen LogP contribution is 2.24. The van der Waals surface area contributed by atoms with Crippen molar-refractivity contribution in [1.82, 2.24) is 4.31 Å². The Labute approximate surface area is 145 Å². The van der Waals surface area contributed by atoms with Crippen molar-refractivity contribution in [2.75, 3.05) is 13.6 Å². The molecule has 0 saturated carbocycles. The van der Waals surface area contributed by atoms with E-state index in [0.717, 1.165) is 17.7 Å². The number of fused-ring (bicyclic) bond motifs is 1. The lowest BCUT2D eigenvalue weighted by Crippen LogP contribution is -2.38. The minimum atomic E-state index is -3.75. The van der Waals surface area contributed by atoms with Gasteiger partial charge in [0.25, 0.3) is 0 Å². The summed E-state index contributed by atoms with van der Waals surface area (Å²) in [6.45, 7) is 0.683. The molecule has 0 saturated heterocycles. The molecule has 0 bridgehead atoms. The lowest BCUT2D eigenvalue weighted by molar-refractivity contribution is 0.0202. The molecule has 1 unspecified atom stereocenters. The summed E-state index contributed by atoms with van der Waals surface area (Å²) >= 11 is 5.69. The van der Waals surface area contributed by atoms with Crippen molar-refractivity contribution in [3.05, 3.63) is 64.4 Å². The molecule has 0 radical (unpaired) electrons. The topological polar surface area (TPSA) is 46.6 Å². The van der Waals surface area contributed by atoms with Crippen LogP contribution in [0, 0.1) is 5.82 Å². The molecule has 2 aromatic carbocycles. The Morgan fingerprint density at radius 3 is 2.67 bits per heavy atom. The summed E-state index contributed by atoms with van der Waals surface area (Å²) in [5.74, 6) is -0.648. The molecule has 2 aromatic rings. The highest BCUT2D eigenvalue weighted by Gasteiger charge is 2.27. The second-order valence-electron chi connectivity index (χ2n) is 5.77. The third-order valence-electron chi connectivity index (χ3n) is 4.10. The van der Waals surface area contributed by atoms with Gasteiger partial charge in [-0.25, -0.2) is 12.8 Å². The Bertz CT molecular complexity index is 857. The van der Waals surface area contributed by atoms with Gasteiger partial charge >= 0.3 is 0 Å². The van der Waals surface area contributed by atoms with Crippen LogP contribution in [0.1, 0.15) is 11.1 Å². The Balaban J connectivity index is 1.74. The van der Waals surface area contributed by atoms with Gasteiger partial charge in [-0.1, -0.05) is 35.9 Å². The van der Waals surface area contributed by atoms with Gasteiger partial charge in [0, 0.05) is 20.0 Å². The quantitative estimate of drug-likeness (QED) is 0.831. The third kappa shape index (κ3) is 3.47. The molecule has 1 aliphatic heterocycles. The SMILES string of the molecule is CN(CC1Cc2ccccc2CO1)S(=O)(=O)c1ccc(F)c(Cl)c1. The number of rotatable bonds is 4. The maximum absolute atomic E-state index is 13.2. The van der Waals surface area contributed by atoms with Gasteiger partial charge in [0.05, 0.1) is 22.6 Å². The molecule has 0 fully saturated rings. The summed E-state index contributed by atoms with van der Waals surface area (Å²) in [7, 11) is -2.27. The summed E-state index contributed by atoms with van der Waals surface area (Å²) in [5.41, 5.74) is 2.30. The lowest BCUT2D eigenvalue weighted by Gasteiger charge is -2.28. The van der Waals surface area contributed by atoms with Crippen molar-refractivity contribution in [3.8, 4) is 0 Å². The molecule has 0 amide bonds. The van der Waals surface area contributed by atoms with Crippen molar-refractivity contribution >= 4 is 21.6 Å². The first-order chi connectivity index (χ1) is 11.4. The summed E-state index contributed by atoms with van der Waals surface area (Å²) in [6, 6.07) is 11.3. The van der Waals surface area contributed by atoms with E-state index in [1.807, 2.05) is 24.3 Å². The van der Waals surface area contributed by atoms with Gasteiger partial charge in [-0.2, -0.15) is 4.31 Å². The molecule has 1 aliphatic rings. The average molecular weight is 370 g/mol. The van der Waals surface area contributed by atoms with Gasteiger partial charge in [-0.15, -0.1) is 0 Å². The van der Waals surface area contributed by atoms with Crippen molar-refractivity contribution < 1.29 is 17.5 Å². The Morgan fingerprint density at radius 2 is 1.96 bits per heavy atom. The molecule has 3 rings (SSSR count). The van der Waals surface area contributed by atoms with Crippen LogP contribution in [0.15, 0.2) is 47.4 Å². The van der Waals surface area contributed by atoms with E-state index in [4.69, 9.17) is 16.3 Å². The molecule has 7 heteroatoms. The standard InChI is InChI=1S/C17H17ClFNO3S/c1-20(24(21,22)15-6-7-17(19)16(18)9-15)10-14-8-12-4-2-3-5-13(12)11-23-14/h2-7,9,14H,8,10-11H2,1H3. The van der Waals surface area contributed by atoms with Crippen LogP contribution < -0.4 is 0 Å². The van der Waals surface area contributed by atoms with Gasteiger partial charge in [0.15, 0.2) is 0 Å². The number of sulfonamides is 1. The Morgan fingerprint density at radius 1 is 1.25 bits per heavy atom. The summed E-state index contributed by atoms with van der Waals surface area (Å²) in [4.78, 5) is -0.0346. The van der Waals surface area contributed by atoms with Gasteiger partial charge in [0.1, 0.15) is 5.82 Å². The van der Waals surface area contributed by atoms with E-state index in [2.05, 4.69) is 0 Å². The molecular weight excluding hydrogens is 353 g/mol. The number of nitrogens with zero attached hydrogens (tertiary/aromatic N) is 1. The molecule has 1 atom stereocenters. The zero-order valence-electron chi connectivity index (χ0n) is 13.1. The van der Waals surface area contributed by atoms with E-state index in [9.17, 15) is 12.8 Å². The van der Waals surface area contributed by atoms with Crippen LogP contribution in [0.25, 0.3) is 0 Å². The van der Waals surface area contributed by atoms with Crippen LogP contribution in [0.2, 0.25) is 5.02 Å². The number of hydrogen-bond donors (Lipinski definition) is 0. The van der Waals surface area contributed by atoms with Crippen molar-refractivity contribution in [1.29, 1.82) is 0 Å². The molecule has 1 heterocycles. The van der Waals surface area contributed by atoms with E-state index in [-0.39, 0.29) is 22.6 Å². The predicted molar refractivity (Wildman–Crippen MR) is 89.9 cm³/mol. The van der Waals surface area contributed by atoms with Gasteiger partial charge < -0.3 is 4.74 Å². The number of ether oxygens (including phenoxy) is 1. The zero-order chi connectivity index (χ0) is 17.3. The van der Waals surface area contributed by atoms with Crippen LogP contribution >= 0.6 is 11.6 Å². The molecule has 0 aromatic heterocycles.